The topological polar surface area (TPSA) is 49.8 Å². The third kappa shape index (κ3) is 1.69. The molecule has 4 nitrogen and oxygen atoms in total. The van der Waals surface area contributed by atoms with Gasteiger partial charge < -0.3 is 10.3 Å². The molecular weight excluding hydrogens is 250 g/mol. The molecule has 2 aromatic carbocycles. The molecule has 0 unspecified atom stereocenters. The van der Waals surface area contributed by atoms with E-state index in [2.05, 4.69) is 28.5 Å². The molecule has 0 aliphatic carbocycles. The molecule has 1 aliphatic rings. The van der Waals surface area contributed by atoms with Crippen molar-refractivity contribution in [2.45, 2.75) is 19.1 Å². The summed E-state index contributed by atoms with van der Waals surface area (Å²) < 4.78 is 1.85. The summed E-state index contributed by atoms with van der Waals surface area (Å²) in [6, 6.07) is 16.4. The number of hydrogen-bond donors (Lipinski definition) is 2. The molecule has 1 aromatic heterocycles. The minimum atomic E-state index is -0.0305. The van der Waals surface area contributed by atoms with Gasteiger partial charge in [-0.1, -0.05) is 42.5 Å². The standard InChI is InChI=1S/C16H15N3O/c20-16-18-13-8-4-7-12-9-17-14(10-19(16)15(12)13)11-5-2-1-3-6-11/h1-8,14,17H,9-10H2,(H,18,20)/t14-/m0/s1. The second-order valence-electron chi connectivity index (χ2n) is 5.20. The van der Waals surface area contributed by atoms with Gasteiger partial charge >= 0.3 is 5.69 Å². The number of nitrogens with one attached hydrogen (secondary N) is 2. The van der Waals surface area contributed by atoms with Crippen LogP contribution in [0.4, 0.5) is 0 Å². The Labute approximate surface area is 116 Å². The first-order valence-corrected chi connectivity index (χ1v) is 6.81. The maximum absolute atomic E-state index is 12.2. The molecule has 2 N–H and O–H groups in total. The molecule has 100 valence electrons. The molecule has 0 saturated heterocycles. The fourth-order valence-corrected chi connectivity index (χ4v) is 3.00. The van der Waals surface area contributed by atoms with E-state index in [4.69, 9.17) is 0 Å². The van der Waals surface area contributed by atoms with E-state index >= 15 is 0 Å². The average molecular weight is 265 g/mol. The lowest BCUT2D eigenvalue weighted by molar-refractivity contribution is 0.476. The van der Waals surface area contributed by atoms with Crippen LogP contribution in [0.1, 0.15) is 17.2 Å². The number of aromatic nitrogens is 2. The molecule has 0 spiro atoms. The summed E-state index contributed by atoms with van der Waals surface area (Å²) in [6.45, 7) is 1.42. The summed E-state index contributed by atoms with van der Waals surface area (Å²) in [5.74, 6) is 0. The van der Waals surface area contributed by atoms with Crippen LogP contribution in [0.15, 0.2) is 53.3 Å². The van der Waals surface area contributed by atoms with Gasteiger partial charge in [0, 0.05) is 13.1 Å². The Bertz CT molecular complexity index is 817. The average Bonchev–Trinajstić information content (AvgIpc) is 2.69. The molecule has 1 atom stereocenters. The summed E-state index contributed by atoms with van der Waals surface area (Å²) >= 11 is 0. The van der Waals surface area contributed by atoms with E-state index in [1.165, 1.54) is 11.1 Å². The second kappa shape index (κ2) is 4.35. The zero-order chi connectivity index (χ0) is 13.5. The van der Waals surface area contributed by atoms with E-state index in [9.17, 15) is 4.79 Å². The summed E-state index contributed by atoms with van der Waals surface area (Å²) in [7, 11) is 0. The third-order valence-electron chi connectivity index (χ3n) is 3.98. The zero-order valence-corrected chi connectivity index (χ0v) is 11.0. The van der Waals surface area contributed by atoms with Crippen molar-refractivity contribution in [2.75, 3.05) is 0 Å². The lowest BCUT2D eigenvalue weighted by atomic mass is 10.1. The van der Waals surface area contributed by atoms with Gasteiger partial charge in [-0.25, -0.2) is 4.79 Å². The van der Waals surface area contributed by atoms with Gasteiger partial charge in [-0.05, 0) is 17.2 Å². The van der Waals surface area contributed by atoms with Gasteiger partial charge in [0.1, 0.15) is 0 Å². The van der Waals surface area contributed by atoms with Crippen LogP contribution >= 0.6 is 0 Å². The van der Waals surface area contributed by atoms with Crippen LogP contribution in [0, 0.1) is 0 Å². The van der Waals surface area contributed by atoms with Crippen LogP contribution < -0.4 is 11.0 Å². The Kier molecular flexibility index (Phi) is 2.50. The minimum Gasteiger partial charge on any atom is -0.306 e. The molecule has 0 amide bonds. The second-order valence-corrected chi connectivity index (χ2v) is 5.20. The van der Waals surface area contributed by atoms with Crippen LogP contribution in [0.2, 0.25) is 0 Å². The van der Waals surface area contributed by atoms with Gasteiger partial charge in [0.2, 0.25) is 0 Å². The van der Waals surface area contributed by atoms with E-state index < -0.39 is 0 Å². The first-order chi connectivity index (χ1) is 9.83. The molecule has 3 aromatic rings. The fourth-order valence-electron chi connectivity index (χ4n) is 3.00. The molecular formula is C16H15N3O. The summed E-state index contributed by atoms with van der Waals surface area (Å²) in [6.07, 6.45) is 0. The number of imidazole rings is 1. The van der Waals surface area contributed by atoms with Crippen molar-refractivity contribution < 1.29 is 0 Å². The monoisotopic (exact) mass is 265 g/mol. The van der Waals surface area contributed by atoms with Crippen molar-refractivity contribution in [3.8, 4) is 0 Å². The van der Waals surface area contributed by atoms with Crippen LogP contribution in [0.3, 0.4) is 0 Å². The van der Waals surface area contributed by atoms with Crippen LogP contribution in [-0.4, -0.2) is 9.55 Å². The predicted molar refractivity (Wildman–Crippen MR) is 78.6 cm³/mol. The SMILES string of the molecule is O=c1[nH]c2cccc3c2n1C[C@@H](c1ccccc1)NC3. The largest absolute Gasteiger partial charge is 0.326 e. The molecule has 0 radical (unpaired) electrons. The van der Waals surface area contributed by atoms with Crippen LogP contribution in [0.5, 0.6) is 0 Å². The molecule has 0 bridgehead atoms. The number of H-pyrrole nitrogens is 1. The molecule has 1 aliphatic heterocycles. The highest BCUT2D eigenvalue weighted by molar-refractivity contribution is 5.79. The summed E-state index contributed by atoms with van der Waals surface area (Å²) in [5, 5.41) is 3.54. The summed E-state index contributed by atoms with van der Waals surface area (Å²) in [5.41, 5.74) is 4.30. The van der Waals surface area contributed by atoms with Gasteiger partial charge in [-0.15, -0.1) is 0 Å². The van der Waals surface area contributed by atoms with Crippen molar-refractivity contribution >= 4 is 11.0 Å². The smallest absolute Gasteiger partial charge is 0.306 e. The Morgan fingerprint density at radius 2 is 1.90 bits per heavy atom. The van der Waals surface area contributed by atoms with Gasteiger partial charge in [-0.3, -0.25) is 4.57 Å². The van der Waals surface area contributed by atoms with E-state index in [-0.39, 0.29) is 11.7 Å². The highest BCUT2D eigenvalue weighted by Crippen LogP contribution is 2.24. The first kappa shape index (κ1) is 11.5. The van der Waals surface area contributed by atoms with E-state index in [0.29, 0.717) is 6.54 Å². The highest BCUT2D eigenvalue weighted by Gasteiger charge is 2.20. The first-order valence-electron chi connectivity index (χ1n) is 6.81. The molecule has 4 rings (SSSR count). The molecule has 20 heavy (non-hydrogen) atoms. The highest BCUT2D eigenvalue weighted by atomic mass is 16.1. The maximum Gasteiger partial charge on any atom is 0.326 e. The van der Waals surface area contributed by atoms with Gasteiger partial charge in [0.15, 0.2) is 0 Å². The Balaban J connectivity index is 1.86. The van der Waals surface area contributed by atoms with E-state index in [1.54, 1.807) is 0 Å². The number of benzene rings is 2. The van der Waals surface area contributed by atoms with E-state index in [0.717, 1.165) is 17.6 Å². The lowest BCUT2D eigenvalue weighted by Crippen LogP contribution is -2.26. The van der Waals surface area contributed by atoms with Crippen molar-refractivity contribution in [3.63, 3.8) is 0 Å². The lowest BCUT2D eigenvalue weighted by Gasteiger charge is -2.16. The van der Waals surface area contributed by atoms with Gasteiger partial charge in [0.25, 0.3) is 0 Å². The van der Waals surface area contributed by atoms with Gasteiger partial charge in [-0.2, -0.15) is 0 Å². The maximum atomic E-state index is 12.2. The van der Waals surface area contributed by atoms with Crippen molar-refractivity contribution in [1.29, 1.82) is 0 Å². The van der Waals surface area contributed by atoms with Crippen molar-refractivity contribution in [2.24, 2.45) is 0 Å². The normalized spacial score (nSPS) is 18.1. The number of hydrogen-bond acceptors (Lipinski definition) is 2. The molecule has 0 fully saturated rings. The third-order valence-corrected chi connectivity index (χ3v) is 3.98. The Morgan fingerprint density at radius 1 is 1.05 bits per heavy atom. The number of rotatable bonds is 1. The fraction of sp³-hybridized carbons (Fsp3) is 0.188. The minimum absolute atomic E-state index is 0.0305. The van der Waals surface area contributed by atoms with E-state index in [1.807, 2.05) is 34.9 Å². The van der Waals surface area contributed by atoms with Crippen LogP contribution in [0.25, 0.3) is 11.0 Å². The summed E-state index contributed by atoms with van der Waals surface area (Å²) in [4.78, 5) is 15.1. The van der Waals surface area contributed by atoms with Crippen molar-refractivity contribution in [1.82, 2.24) is 14.9 Å². The number of nitrogens with zero attached hydrogens (tertiary/aromatic N) is 1. The number of para-hydroxylation sites is 1. The zero-order valence-electron chi connectivity index (χ0n) is 11.0. The molecule has 0 saturated carbocycles. The number of aromatic amines is 1. The molecule has 2 heterocycles. The van der Waals surface area contributed by atoms with Crippen molar-refractivity contribution in [3.05, 3.63) is 70.1 Å². The van der Waals surface area contributed by atoms with Gasteiger partial charge in [0.05, 0.1) is 17.1 Å². The Hall–Kier alpha value is -2.33. The molecule has 4 heteroatoms. The Morgan fingerprint density at radius 3 is 2.75 bits per heavy atom. The van der Waals surface area contributed by atoms with Crippen LogP contribution in [-0.2, 0) is 13.1 Å². The predicted octanol–water partition coefficient (Wildman–Crippen LogP) is 2.17. The quantitative estimate of drug-likeness (QED) is 0.708.